The van der Waals surface area contributed by atoms with Gasteiger partial charge in [-0.25, -0.2) is 0 Å². The van der Waals surface area contributed by atoms with E-state index in [1.807, 2.05) is 24.3 Å². The molecule has 104 valence electrons. The van der Waals surface area contributed by atoms with Crippen molar-refractivity contribution < 1.29 is 14.3 Å². The summed E-state index contributed by atoms with van der Waals surface area (Å²) in [4.78, 5) is 11.4. The lowest BCUT2D eigenvalue weighted by Crippen LogP contribution is -2.00. The fourth-order valence-corrected chi connectivity index (χ4v) is 1.83. The van der Waals surface area contributed by atoms with Crippen LogP contribution in [0.4, 0.5) is 5.69 Å². The Morgan fingerprint density at radius 3 is 2.45 bits per heavy atom. The fraction of sp³-hybridized carbons (Fsp3) is 0.188. The van der Waals surface area contributed by atoms with E-state index in [1.165, 1.54) is 14.0 Å². The molecule has 0 unspecified atom stereocenters. The van der Waals surface area contributed by atoms with Crippen LogP contribution in [0.25, 0.3) is 0 Å². The molecule has 0 aliphatic rings. The lowest BCUT2D eigenvalue weighted by atomic mass is 10.1. The third-order valence-corrected chi connectivity index (χ3v) is 2.94. The second kappa shape index (κ2) is 6.10. The number of hydrogen-bond acceptors (Lipinski definition) is 4. The monoisotopic (exact) mass is 271 g/mol. The molecule has 2 aromatic rings. The van der Waals surface area contributed by atoms with Crippen molar-refractivity contribution in [2.75, 3.05) is 12.8 Å². The van der Waals surface area contributed by atoms with Crippen molar-refractivity contribution >= 4 is 11.5 Å². The summed E-state index contributed by atoms with van der Waals surface area (Å²) in [7, 11) is 1.53. The number of hydrogen-bond donors (Lipinski definition) is 1. The van der Waals surface area contributed by atoms with Gasteiger partial charge in [0.1, 0.15) is 18.1 Å². The largest absolute Gasteiger partial charge is 0.496 e. The van der Waals surface area contributed by atoms with Crippen LogP contribution in [0.15, 0.2) is 42.5 Å². The molecule has 4 heteroatoms. The Balaban J connectivity index is 2.10. The summed E-state index contributed by atoms with van der Waals surface area (Å²) < 4.78 is 10.9. The van der Waals surface area contributed by atoms with Crippen molar-refractivity contribution in [2.24, 2.45) is 0 Å². The molecular formula is C16H17NO3. The van der Waals surface area contributed by atoms with Crippen molar-refractivity contribution in [1.29, 1.82) is 0 Å². The van der Waals surface area contributed by atoms with E-state index in [4.69, 9.17) is 15.2 Å². The van der Waals surface area contributed by atoms with E-state index in [1.54, 1.807) is 18.2 Å². The van der Waals surface area contributed by atoms with Crippen molar-refractivity contribution in [3.8, 4) is 11.5 Å². The van der Waals surface area contributed by atoms with Gasteiger partial charge in [-0.2, -0.15) is 0 Å². The molecule has 0 saturated heterocycles. The number of rotatable bonds is 5. The van der Waals surface area contributed by atoms with Crippen LogP contribution in [-0.2, 0) is 6.61 Å². The van der Waals surface area contributed by atoms with Gasteiger partial charge in [0, 0.05) is 11.8 Å². The molecule has 2 aromatic carbocycles. The van der Waals surface area contributed by atoms with E-state index < -0.39 is 0 Å². The molecule has 2 rings (SSSR count). The van der Waals surface area contributed by atoms with Crippen molar-refractivity contribution in [3.63, 3.8) is 0 Å². The molecule has 0 aliphatic carbocycles. The number of anilines is 1. The van der Waals surface area contributed by atoms with Crippen LogP contribution >= 0.6 is 0 Å². The highest BCUT2D eigenvalue weighted by atomic mass is 16.5. The quantitative estimate of drug-likeness (QED) is 0.670. The van der Waals surface area contributed by atoms with Gasteiger partial charge in [-0.3, -0.25) is 4.79 Å². The number of benzene rings is 2. The third kappa shape index (κ3) is 3.29. The third-order valence-electron chi connectivity index (χ3n) is 2.94. The summed E-state index contributed by atoms with van der Waals surface area (Å²) in [6.45, 7) is 1.94. The zero-order valence-corrected chi connectivity index (χ0v) is 11.6. The first-order valence-electron chi connectivity index (χ1n) is 6.26. The molecule has 0 bridgehead atoms. The Labute approximate surface area is 118 Å². The molecule has 20 heavy (non-hydrogen) atoms. The summed E-state index contributed by atoms with van der Waals surface area (Å²) in [5.41, 5.74) is 7.92. The number of Topliss-reactive ketones (excluding diaryl/α,β-unsaturated/α-hetero) is 1. The normalized spacial score (nSPS) is 10.1. The SMILES string of the molecule is COc1cc(OCc2ccc(N)cc2)ccc1C(C)=O. The molecule has 0 atom stereocenters. The maximum Gasteiger partial charge on any atom is 0.163 e. The molecule has 0 amide bonds. The van der Waals surface area contributed by atoms with Crippen LogP contribution in [0, 0.1) is 0 Å². The van der Waals surface area contributed by atoms with Gasteiger partial charge in [0.25, 0.3) is 0 Å². The maximum absolute atomic E-state index is 11.4. The molecule has 4 nitrogen and oxygen atoms in total. The van der Waals surface area contributed by atoms with Crippen LogP contribution in [0.3, 0.4) is 0 Å². The first-order chi connectivity index (χ1) is 9.60. The van der Waals surface area contributed by atoms with Crippen LogP contribution in [0.1, 0.15) is 22.8 Å². The zero-order valence-electron chi connectivity index (χ0n) is 11.6. The Morgan fingerprint density at radius 1 is 1.15 bits per heavy atom. The summed E-state index contributed by atoms with van der Waals surface area (Å²) in [5, 5.41) is 0. The average molecular weight is 271 g/mol. The molecule has 0 heterocycles. The molecule has 0 fully saturated rings. The number of carbonyl (C=O) groups excluding carboxylic acids is 1. The summed E-state index contributed by atoms with van der Waals surface area (Å²) in [6, 6.07) is 12.7. The molecule has 0 saturated carbocycles. The zero-order chi connectivity index (χ0) is 14.5. The number of ketones is 1. The van der Waals surface area contributed by atoms with E-state index in [-0.39, 0.29) is 5.78 Å². The predicted octanol–water partition coefficient (Wildman–Crippen LogP) is 3.06. The van der Waals surface area contributed by atoms with Crippen LogP contribution in [0.2, 0.25) is 0 Å². The predicted molar refractivity (Wildman–Crippen MR) is 78.2 cm³/mol. The summed E-state index contributed by atoms with van der Waals surface area (Å²) >= 11 is 0. The maximum atomic E-state index is 11.4. The van der Waals surface area contributed by atoms with E-state index >= 15 is 0 Å². The average Bonchev–Trinajstić information content (AvgIpc) is 2.46. The number of nitrogen functional groups attached to an aromatic ring is 1. The van der Waals surface area contributed by atoms with Gasteiger partial charge < -0.3 is 15.2 Å². The van der Waals surface area contributed by atoms with Crippen LogP contribution in [-0.4, -0.2) is 12.9 Å². The molecule has 0 spiro atoms. The Bertz CT molecular complexity index is 606. The van der Waals surface area contributed by atoms with Crippen molar-refractivity contribution in [1.82, 2.24) is 0 Å². The highest BCUT2D eigenvalue weighted by molar-refractivity contribution is 5.97. The van der Waals surface area contributed by atoms with E-state index in [2.05, 4.69) is 0 Å². The van der Waals surface area contributed by atoms with E-state index in [0.29, 0.717) is 23.7 Å². The van der Waals surface area contributed by atoms with E-state index in [0.717, 1.165) is 11.3 Å². The molecular weight excluding hydrogens is 254 g/mol. The summed E-state index contributed by atoms with van der Waals surface area (Å²) in [5.74, 6) is 1.14. The molecule has 0 aliphatic heterocycles. The second-order valence-corrected chi connectivity index (χ2v) is 4.45. The number of methoxy groups -OCH3 is 1. The van der Waals surface area contributed by atoms with Gasteiger partial charge in [0.2, 0.25) is 0 Å². The topological polar surface area (TPSA) is 61.6 Å². The molecule has 2 N–H and O–H groups in total. The minimum atomic E-state index is -0.0352. The minimum absolute atomic E-state index is 0.0352. The Hall–Kier alpha value is -2.49. The lowest BCUT2D eigenvalue weighted by molar-refractivity contribution is 0.101. The van der Waals surface area contributed by atoms with Crippen LogP contribution < -0.4 is 15.2 Å². The van der Waals surface area contributed by atoms with Crippen molar-refractivity contribution in [3.05, 3.63) is 53.6 Å². The molecule has 0 aromatic heterocycles. The first-order valence-corrected chi connectivity index (χ1v) is 6.26. The fourth-order valence-electron chi connectivity index (χ4n) is 1.83. The van der Waals surface area contributed by atoms with Gasteiger partial charge in [-0.15, -0.1) is 0 Å². The molecule has 0 radical (unpaired) electrons. The van der Waals surface area contributed by atoms with Crippen LogP contribution in [0.5, 0.6) is 11.5 Å². The highest BCUT2D eigenvalue weighted by Crippen LogP contribution is 2.25. The van der Waals surface area contributed by atoms with Crippen molar-refractivity contribution in [2.45, 2.75) is 13.5 Å². The van der Waals surface area contributed by atoms with Gasteiger partial charge in [-0.1, -0.05) is 12.1 Å². The van der Waals surface area contributed by atoms with Gasteiger partial charge in [0.05, 0.1) is 12.7 Å². The highest BCUT2D eigenvalue weighted by Gasteiger charge is 2.09. The second-order valence-electron chi connectivity index (χ2n) is 4.45. The van der Waals surface area contributed by atoms with E-state index in [9.17, 15) is 4.79 Å². The minimum Gasteiger partial charge on any atom is -0.496 e. The Kier molecular flexibility index (Phi) is 4.25. The standard InChI is InChI=1S/C16H17NO3/c1-11(18)15-8-7-14(9-16(15)19-2)20-10-12-3-5-13(17)6-4-12/h3-9H,10,17H2,1-2H3. The smallest absolute Gasteiger partial charge is 0.163 e. The lowest BCUT2D eigenvalue weighted by Gasteiger charge is -2.10. The number of ether oxygens (including phenoxy) is 2. The summed E-state index contributed by atoms with van der Waals surface area (Å²) in [6.07, 6.45) is 0. The Morgan fingerprint density at radius 2 is 1.85 bits per heavy atom. The van der Waals surface area contributed by atoms with Gasteiger partial charge in [-0.05, 0) is 36.8 Å². The van der Waals surface area contributed by atoms with Gasteiger partial charge >= 0.3 is 0 Å². The number of carbonyl (C=O) groups is 1. The number of nitrogens with two attached hydrogens (primary N) is 1. The first kappa shape index (κ1) is 13.9. The van der Waals surface area contributed by atoms with Gasteiger partial charge in [0.15, 0.2) is 5.78 Å².